The van der Waals surface area contributed by atoms with E-state index in [-0.39, 0.29) is 11.9 Å². The number of anilines is 1. The van der Waals surface area contributed by atoms with Crippen molar-refractivity contribution >= 4 is 23.3 Å². The van der Waals surface area contributed by atoms with E-state index >= 15 is 0 Å². The molecule has 1 atom stereocenters. The van der Waals surface area contributed by atoms with Crippen molar-refractivity contribution in [1.82, 2.24) is 34.7 Å². The number of ether oxygens (including phenoxy) is 1. The quantitative estimate of drug-likeness (QED) is 0.303. The number of halogens is 1. The van der Waals surface area contributed by atoms with Crippen molar-refractivity contribution in [3.8, 4) is 11.7 Å². The number of carbonyl (C=O) groups excluding carboxylic acids is 1. The summed E-state index contributed by atoms with van der Waals surface area (Å²) in [6.45, 7) is 3.53. The van der Waals surface area contributed by atoms with E-state index in [1.807, 2.05) is 36.5 Å². The number of hydrogen-bond donors (Lipinski definition) is 1. The van der Waals surface area contributed by atoms with Crippen molar-refractivity contribution in [3.63, 3.8) is 0 Å². The van der Waals surface area contributed by atoms with Gasteiger partial charge < -0.3 is 15.0 Å². The fourth-order valence-electron chi connectivity index (χ4n) is 4.75. The van der Waals surface area contributed by atoms with Crippen LogP contribution in [0.2, 0.25) is 5.15 Å². The molecule has 5 rings (SSSR count). The van der Waals surface area contributed by atoms with Crippen LogP contribution < -0.4 is 15.0 Å². The molecule has 1 amide bonds. The highest BCUT2D eigenvalue weighted by Gasteiger charge is 2.30. The summed E-state index contributed by atoms with van der Waals surface area (Å²) in [6, 6.07) is 13.6. The van der Waals surface area contributed by atoms with Crippen LogP contribution in [0.4, 0.5) is 5.82 Å². The van der Waals surface area contributed by atoms with Crippen LogP contribution in [0.5, 0.6) is 5.75 Å². The molecule has 4 heterocycles. The zero-order chi connectivity index (χ0) is 27.0. The number of nitrogens with zero attached hydrogens (tertiary/aromatic N) is 7. The number of piperazine rings is 1. The number of hydrogen-bond acceptors (Lipinski definition) is 8. The van der Waals surface area contributed by atoms with Crippen LogP contribution in [-0.4, -0.2) is 74.6 Å². The van der Waals surface area contributed by atoms with Gasteiger partial charge in [-0.2, -0.15) is 4.98 Å². The van der Waals surface area contributed by atoms with Gasteiger partial charge in [-0.3, -0.25) is 19.2 Å². The van der Waals surface area contributed by atoms with Gasteiger partial charge in [0.25, 0.3) is 0 Å². The Morgan fingerprint density at radius 2 is 1.97 bits per heavy atom. The average Bonchev–Trinajstić information content (AvgIpc) is 3.49. The molecular weight excluding hydrogens is 516 g/mol. The van der Waals surface area contributed by atoms with Gasteiger partial charge in [0.05, 0.1) is 13.2 Å². The second kappa shape index (κ2) is 12.7. The van der Waals surface area contributed by atoms with Crippen molar-refractivity contribution in [2.24, 2.45) is 0 Å². The maximum Gasteiger partial charge on any atom is 0.238 e. The Morgan fingerprint density at radius 1 is 1.10 bits per heavy atom. The lowest BCUT2D eigenvalue weighted by Crippen LogP contribution is -2.54. The van der Waals surface area contributed by atoms with E-state index in [9.17, 15) is 4.79 Å². The Balaban J connectivity index is 1.29. The van der Waals surface area contributed by atoms with Crippen molar-refractivity contribution in [2.45, 2.75) is 25.4 Å². The van der Waals surface area contributed by atoms with E-state index in [4.69, 9.17) is 21.3 Å². The number of pyridine rings is 1. The third kappa shape index (κ3) is 7.10. The van der Waals surface area contributed by atoms with E-state index in [0.29, 0.717) is 43.0 Å². The number of benzene rings is 1. The highest BCUT2D eigenvalue weighted by atomic mass is 35.5. The number of nitrogens with one attached hydrogen (secondary N) is 1. The minimum absolute atomic E-state index is 0.00303. The second-order valence-electron chi connectivity index (χ2n) is 9.41. The molecule has 0 radical (unpaired) electrons. The van der Waals surface area contributed by atoms with E-state index in [0.717, 1.165) is 36.4 Å². The molecule has 0 aliphatic carbocycles. The lowest BCUT2D eigenvalue weighted by atomic mass is 10.1. The molecule has 1 saturated heterocycles. The highest BCUT2D eigenvalue weighted by Crippen LogP contribution is 2.25. The van der Waals surface area contributed by atoms with Crippen LogP contribution in [0, 0.1) is 0 Å². The topological polar surface area (TPSA) is 101 Å². The molecule has 1 aromatic carbocycles. The predicted molar refractivity (Wildman–Crippen MR) is 149 cm³/mol. The van der Waals surface area contributed by atoms with Crippen LogP contribution in [0.25, 0.3) is 5.95 Å². The largest absolute Gasteiger partial charge is 0.497 e. The summed E-state index contributed by atoms with van der Waals surface area (Å²) < 4.78 is 6.94. The fourth-order valence-corrected chi connectivity index (χ4v) is 4.92. The first kappa shape index (κ1) is 26.6. The average molecular weight is 547 g/mol. The molecule has 10 nitrogen and oxygen atoms in total. The third-order valence-electron chi connectivity index (χ3n) is 6.71. The number of amides is 1. The van der Waals surface area contributed by atoms with Crippen molar-refractivity contribution in [3.05, 3.63) is 89.9 Å². The van der Waals surface area contributed by atoms with Crippen LogP contribution in [-0.2, 0) is 17.8 Å². The Bertz CT molecular complexity index is 1350. The summed E-state index contributed by atoms with van der Waals surface area (Å²) >= 11 is 6.41. The second-order valence-corrected chi connectivity index (χ2v) is 9.80. The van der Waals surface area contributed by atoms with Gasteiger partial charge in [-0.15, -0.1) is 0 Å². The summed E-state index contributed by atoms with van der Waals surface area (Å²) in [5, 5.41) is 3.43. The summed E-state index contributed by atoms with van der Waals surface area (Å²) in [5.74, 6) is 1.94. The Morgan fingerprint density at radius 3 is 2.72 bits per heavy atom. The summed E-state index contributed by atoms with van der Waals surface area (Å²) in [6.07, 6.45) is 9.80. The smallest absolute Gasteiger partial charge is 0.238 e. The van der Waals surface area contributed by atoms with Crippen LogP contribution >= 0.6 is 11.6 Å². The minimum atomic E-state index is -0.0991. The Hall–Kier alpha value is -4.02. The van der Waals surface area contributed by atoms with Crippen LogP contribution in [0.3, 0.4) is 0 Å². The molecule has 1 N–H and O–H groups in total. The number of methoxy groups -OCH3 is 1. The number of rotatable bonds is 10. The minimum Gasteiger partial charge on any atom is -0.497 e. The van der Waals surface area contributed by atoms with Crippen molar-refractivity contribution in [2.75, 3.05) is 38.2 Å². The van der Waals surface area contributed by atoms with E-state index < -0.39 is 0 Å². The van der Waals surface area contributed by atoms with Gasteiger partial charge in [-0.05, 0) is 35.7 Å². The summed E-state index contributed by atoms with van der Waals surface area (Å²) in [7, 11) is 1.65. The molecule has 0 bridgehead atoms. The van der Waals surface area contributed by atoms with Crippen molar-refractivity contribution in [1.29, 1.82) is 0 Å². The first-order chi connectivity index (χ1) is 19.1. The predicted octanol–water partition coefficient (Wildman–Crippen LogP) is 3.16. The third-order valence-corrected chi connectivity index (χ3v) is 6.90. The molecule has 3 aromatic heterocycles. The molecule has 4 aromatic rings. The Kier molecular flexibility index (Phi) is 8.65. The van der Waals surface area contributed by atoms with Gasteiger partial charge in [-0.1, -0.05) is 29.8 Å². The number of imidazole rings is 1. The maximum atomic E-state index is 13.1. The van der Waals surface area contributed by atoms with Crippen molar-refractivity contribution < 1.29 is 9.53 Å². The lowest BCUT2D eigenvalue weighted by Gasteiger charge is -2.42. The van der Waals surface area contributed by atoms with Gasteiger partial charge in [-0.25, -0.2) is 9.97 Å². The molecule has 11 heteroatoms. The van der Waals surface area contributed by atoms with Crippen LogP contribution in [0.1, 0.15) is 17.5 Å². The summed E-state index contributed by atoms with van der Waals surface area (Å²) in [5.41, 5.74) is 2.28. The molecule has 39 heavy (non-hydrogen) atoms. The maximum absolute atomic E-state index is 13.1. The van der Waals surface area contributed by atoms with Gasteiger partial charge in [0.15, 0.2) is 0 Å². The van der Waals surface area contributed by atoms with Gasteiger partial charge in [0.2, 0.25) is 11.9 Å². The SMILES string of the molecule is COc1ccc(CCNC(=O)CC2CN(Cc3cccnc3)CCN2c2cc(Cl)nc(-n3ccnc3)n2)cc1. The number of aromatic nitrogens is 5. The van der Waals surface area contributed by atoms with Crippen LogP contribution in [0.15, 0.2) is 73.6 Å². The normalized spacial score (nSPS) is 15.7. The van der Waals surface area contributed by atoms with E-state index in [1.165, 1.54) is 0 Å². The molecule has 202 valence electrons. The van der Waals surface area contributed by atoms with Gasteiger partial charge >= 0.3 is 0 Å². The first-order valence-corrected chi connectivity index (χ1v) is 13.3. The highest BCUT2D eigenvalue weighted by molar-refractivity contribution is 6.29. The molecular formula is C28H31ClN8O2. The summed E-state index contributed by atoms with van der Waals surface area (Å²) in [4.78, 5) is 35.1. The monoisotopic (exact) mass is 546 g/mol. The molecule has 1 aliphatic rings. The molecule has 1 fully saturated rings. The molecule has 1 unspecified atom stereocenters. The van der Waals surface area contributed by atoms with Gasteiger partial charge in [0.1, 0.15) is 23.0 Å². The van der Waals surface area contributed by atoms with E-state index in [2.05, 4.69) is 36.1 Å². The molecule has 0 spiro atoms. The number of carbonyl (C=O) groups is 1. The Labute approximate surface area is 232 Å². The molecule has 1 aliphatic heterocycles. The zero-order valence-electron chi connectivity index (χ0n) is 21.8. The van der Waals surface area contributed by atoms with E-state index in [1.54, 1.807) is 42.7 Å². The first-order valence-electron chi connectivity index (χ1n) is 12.9. The molecule has 0 saturated carbocycles. The standard InChI is InChI=1S/C28H31ClN8O2/c1-39-24-6-4-21(5-7-24)8-10-32-27(38)15-23-19-35(18-22-3-2-9-30-17-22)13-14-37(23)26-16-25(29)33-28(34-26)36-12-11-31-20-36/h2-7,9,11-12,16-17,20,23H,8,10,13-15,18-19H2,1H3,(H,32,38). The van der Waals surface area contributed by atoms with Gasteiger partial charge in [0, 0.05) is 70.0 Å². The zero-order valence-corrected chi connectivity index (χ0v) is 22.5. The lowest BCUT2D eigenvalue weighted by molar-refractivity contribution is -0.121. The fraction of sp³-hybridized carbons (Fsp3) is 0.321.